The molecule has 0 atom stereocenters. The van der Waals surface area contributed by atoms with E-state index < -0.39 is 0 Å². The van der Waals surface area contributed by atoms with Gasteiger partial charge < -0.3 is 14.8 Å². The van der Waals surface area contributed by atoms with Gasteiger partial charge in [-0.05, 0) is 50.3 Å². The van der Waals surface area contributed by atoms with E-state index in [4.69, 9.17) is 16.6 Å². The molecular formula is C23H27ClN6O. The Hall–Kier alpha value is -2.67. The van der Waals surface area contributed by atoms with Crippen LogP contribution in [-0.2, 0) is 17.8 Å². The standard InChI is InChI=1S/C23H27ClN6O/c1-15-6-7-18(17(24)13-15)27-23(31)16-8-11-29(12-9-16)21-20-22(26-14-25-21)30-10-4-2-3-5-19(30)28-20/h6-7,13-14,16H,2-5,8-12H2,1H3,(H,27,31). The Bertz CT molecular complexity index is 1120. The van der Waals surface area contributed by atoms with Crippen molar-refractivity contribution in [3.63, 3.8) is 0 Å². The van der Waals surface area contributed by atoms with Crippen molar-refractivity contribution in [3.05, 3.63) is 40.9 Å². The lowest BCUT2D eigenvalue weighted by molar-refractivity contribution is -0.120. The highest BCUT2D eigenvalue weighted by molar-refractivity contribution is 6.33. The number of imidazole rings is 1. The second-order valence-corrected chi connectivity index (χ2v) is 9.00. The van der Waals surface area contributed by atoms with Crippen molar-refractivity contribution in [2.24, 2.45) is 5.92 Å². The number of fused-ring (bicyclic) bond motifs is 3. The Morgan fingerprint density at radius 3 is 2.77 bits per heavy atom. The number of nitrogens with zero attached hydrogens (tertiary/aromatic N) is 5. The van der Waals surface area contributed by atoms with Gasteiger partial charge in [-0.2, -0.15) is 0 Å². The van der Waals surface area contributed by atoms with Crippen molar-refractivity contribution >= 4 is 40.2 Å². The van der Waals surface area contributed by atoms with Gasteiger partial charge in [0.25, 0.3) is 0 Å². The zero-order chi connectivity index (χ0) is 21.4. The minimum absolute atomic E-state index is 0.0342. The molecule has 31 heavy (non-hydrogen) atoms. The Morgan fingerprint density at radius 2 is 1.97 bits per heavy atom. The summed E-state index contributed by atoms with van der Waals surface area (Å²) in [5.41, 5.74) is 3.59. The van der Waals surface area contributed by atoms with Gasteiger partial charge in [-0.1, -0.05) is 24.1 Å². The largest absolute Gasteiger partial charge is 0.355 e. The number of piperidine rings is 1. The first-order valence-electron chi connectivity index (χ1n) is 11.1. The van der Waals surface area contributed by atoms with Gasteiger partial charge in [0.15, 0.2) is 17.0 Å². The Balaban J connectivity index is 1.29. The number of rotatable bonds is 3. The second kappa shape index (κ2) is 8.46. The minimum atomic E-state index is -0.0373. The van der Waals surface area contributed by atoms with E-state index in [2.05, 4.69) is 24.8 Å². The maximum atomic E-state index is 12.8. The van der Waals surface area contributed by atoms with Gasteiger partial charge in [0.1, 0.15) is 12.2 Å². The molecule has 1 aromatic carbocycles. The van der Waals surface area contributed by atoms with Gasteiger partial charge >= 0.3 is 0 Å². The van der Waals surface area contributed by atoms with Crippen LogP contribution in [0.3, 0.4) is 0 Å². The number of carbonyl (C=O) groups excluding carboxylic acids is 1. The van der Waals surface area contributed by atoms with E-state index in [1.807, 2.05) is 25.1 Å². The van der Waals surface area contributed by atoms with E-state index in [1.165, 1.54) is 19.3 Å². The van der Waals surface area contributed by atoms with Gasteiger partial charge in [-0.3, -0.25) is 4.79 Å². The summed E-state index contributed by atoms with van der Waals surface area (Å²) >= 11 is 6.28. The van der Waals surface area contributed by atoms with Crippen LogP contribution in [0.1, 0.15) is 43.5 Å². The predicted molar refractivity (Wildman–Crippen MR) is 123 cm³/mol. The van der Waals surface area contributed by atoms with Crippen molar-refractivity contribution in [1.29, 1.82) is 0 Å². The summed E-state index contributed by atoms with van der Waals surface area (Å²) in [6, 6.07) is 5.69. The second-order valence-electron chi connectivity index (χ2n) is 8.59. The van der Waals surface area contributed by atoms with E-state index in [1.54, 1.807) is 6.33 Å². The Kier molecular flexibility index (Phi) is 5.52. The minimum Gasteiger partial charge on any atom is -0.355 e. The number of aromatic nitrogens is 4. The summed E-state index contributed by atoms with van der Waals surface area (Å²) in [5.74, 6) is 2.01. The third kappa shape index (κ3) is 3.99. The van der Waals surface area contributed by atoms with Gasteiger partial charge in [0.2, 0.25) is 5.91 Å². The number of hydrogen-bond acceptors (Lipinski definition) is 5. The fraction of sp³-hybridized carbons (Fsp3) is 0.478. The SMILES string of the molecule is Cc1ccc(NC(=O)C2CCN(c3ncnc4c3nc3n4CCCCC3)CC2)c(Cl)c1. The van der Waals surface area contributed by atoms with Crippen LogP contribution in [0.25, 0.3) is 11.2 Å². The maximum Gasteiger partial charge on any atom is 0.227 e. The maximum absolute atomic E-state index is 12.8. The normalized spacial score (nSPS) is 17.4. The molecule has 1 amide bonds. The van der Waals surface area contributed by atoms with Gasteiger partial charge in [-0.25, -0.2) is 15.0 Å². The molecule has 1 saturated heterocycles. The number of hydrogen-bond donors (Lipinski definition) is 1. The average molecular weight is 439 g/mol. The molecule has 1 N–H and O–H groups in total. The van der Waals surface area contributed by atoms with Gasteiger partial charge in [0, 0.05) is 32.0 Å². The molecular weight excluding hydrogens is 412 g/mol. The van der Waals surface area contributed by atoms with Crippen LogP contribution in [0, 0.1) is 12.8 Å². The molecule has 2 aromatic heterocycles. The molecule has 7 nitrogen and oxygen atoms in total. The van der Waals surface area contributed by atoms with E-state index in [9.17, 15) is 4.79 Å². The van der Waals surface area contributed by atoms with Crippen LogP contribution < -0.4 is 10.2 Å². The van der Waals surface area contributed by atoms with Gasteiger partial charge in [0.05, 0.1) is 10.7 Å². The van der Waals surface area contributed by atoms with Crippen LogP contribution in [-0.4, -0.2) is 38.5 Å². The lowest BCUT2D eigenvalue weighted by Crippen LogP contribution is -2.38. The number of benzene rings is 1. The zero-order valence-electron chi connectivity index (χ0n) is 17.8. The Labute approximate surface area is 186 Å². The number of carbonyl (C=O) groups is 1. The van der Waals surface area contributed by atoms with Gasteiger partial charge in [-0.15, -0.1) is 0 Å². The van der Waals surface area contributed by atoms with Crippen molar-refractivity contribution in [1.82, 2.24) is 19.5 Å². The van der Waals surface area contributed by atoms with E-state index >= 15 is 0 Å². The number of halogens is 1. The molecule has 0 saturated carbocycles. The summed E-state index contributed by atoms with van der Waals surface area (Å²) in [5, 5.41) is 3.58. The summed E-state index contributed by atoms with van der Waals surface area (Å²) in [4.78, 5) is 29.1. The smallest absolute Gasteiger partial charge is 0.227 e. The van der Waals surface area contributed by atoms with Crippen molar-refractivity contribution in [2.75, 3.05) is 23.3 Å². The summed E-state index contributed by atoms with van der Waals surface area (Å²) in [6.07, 6.45) is 7.78. The van der Waals surface area contributed by atoms with Crippen LogP contribution in [0.4, 0.5) is 11.5 Å². The first-order chi connectivity index (χ1) is 15.1. The Morgan fingerprint density at radius 1 is 1.13 bits per heavy atom. The number of amides is 1. The highest BCUT2D eigenvalue weighted by atomic mass is 35.5. The van der Waals surface area contributed by atoms with E-state index in [0.717, 1.165) is 67.3 Å². The van der Waals surface area contributed by atoms with Crippen molar-refractivity contribution in [2.45, 2.75) is 52.0 Å². The summed E-state index contributed by atoms with van der Waals surface area (Å²) in [6.45, 7) is 4.50. The number of aryl methyl sites for hydroxylation is 3. The zero-order valence-corrected chi connectivity index (χ0v) is 18.5. The third-order valence-electron chi connectivity index (χ3n) is 6.42. The molecule has 3 aromatic rings. The predicted octanol–water partition coefficient (Wildman–Crippen LogP) is 4.37. The molecule has 8 heteroatoms. The van der Waals surface area contributed by atoms with E-state index in [0.29, 0.717) is 10.7 Å². The monoisotopic (exact) mass is 438 g/mol. The third-order valence-corrected chi connectivity index (χ3v) is 6.73. The number of nitrogens with one attached hydrogen (secondary N) is 1. The van der Waals surface area contributed by atoms with Crippen LogP contribution in [0.15, 0.2) is 24.5 Å². The summed E-state index contributed by atoms with van der Waals surface area (Å²) in [7, 11) is 0. The molecule has 5 rings (SSSR count). The van der Waals surface area contributed by atoms with Crippen molar-refractivity contribution in [3.8, 4) is 0 Å². The van der Waals surface area contributed by atoms with E-state index in [-0.39, 0.29) is 11.8 Å². The first-order valence-corrected chi connectivity index (χ1v) is 11.5. The molecule has 0 bridgehead atoms. The fourth-order valence-electron chi connectivity index (χ4n) is 4.67. The van der Waals surface area contributed by atoms with Crippen LogP contribution >= 0.6 is 11.6 Å². The first kappa shape index (κ1) is 20.2. The molecule has 162 valence electrons. The highest BCUT2D eigenvalue weighted by Crippen LogP contribution is 2.30. The fourth-order valence-corrected chi connectivity index (χ4v) is 4.95. The quantitative estimate of drug-likeness (QED) is 0.657. The molecule has 2 aliphatic heterocycles. The molecule has 0 unspecified atom stereocenters. The van der Waals surface area contributed by atoms with Crippen LogP contribution in [0.5, 0.6) is 0 Å². The molecule has 1 fully saturated rings. The van der Waals surface area contributed by atoms with Crippen molar-refractivity contribution < 1.29 is 4.79 Å². The molecule has 0 aliphatic carbocycles. The molecule has 0 spiro atoms. The number of anilines is 2. The molecule has 4 heterocycles. The average Bonchev–Trinajstić information content (AvgIpc) is 2.96. The lowest BCUT2D eigenvalue weighted by atomic mass is 9.95. The topological polar surface area (TPSA) is 75.9 Å². The molecule has 2 aliphatic rings. The highest BCUT2D eigenvalue weighted by Gasteiger charge is 2.28. The lowest BCUT2D eigenvalue weighted by Gasteiger charge is -2.32. The van der Waals surface area contributed by atoms with Crippen LogP contribution in [0.2, 0.25) is 5.02 Å². The molecule has 0 radical (unpaired) electrons. The summed E-state index contributed by atoms with van der Waals surface area (Å²) < 4.78 is 2.26.